The second-order valence-electron chi connectivity index (χ2n) is 6.08. The van der Waals surface area contributed by atoms with Crippen LogP contribution >= 0.6 is 0 Å². The molecule has 124 valence electrons. The smallest absolute Gasteiger partial charge is 0.224 e. The SMILES string of the molecule is CC(C)CC(=O)Nc1ccc(Nc2ncnc3c2cnn3C)cc1. The van der Waals surface area contributed by atoms with Crippen molar-refractivity contribution in [3.05, 3.63) is 36.8 Å². The first-order valence-corrected chi connectivity index (χ1v) is 7.82. The molecule has 0 aliphatic rings. The van der Waals surface area contributed by atoms with E-state index in [1.807, 2.05) is 45.2 Å². The fourth-order valence-corrected chi connectivity index (χ4v) is 2.42. The summed E-state index contributed by atoms with van der Waals surface area (Å²) in [5.74, 6) is 1.06. The molecule has 1 amide bonds. The molecule has 24 heavy (non-hydrogen) atoms. The van der Waals surface area contributed by atoms with Gasteiger partial charge in [0.15, 0.2) is 5.65 Å². The van der Waals surface area contributed by atoms with Crippen LogP contribution in [0.3, 0.4) is 0 Å². The largest absolute Gasteiger partial charge is 0.340 e. The summed E-state index contributed by atoms with van der Waals surface area (Å²) in [6, 6.07) is 7.52. The molecule has 0 saturated carbocycles. The maximum atomic E-state index is 11.8. The van der Waals surface area contributed by atoms with Crippen molar-refractivity contribution in [3.63, 3.8) is 0 Å². The molecular weight excluding hydrogens is 304 g/mol. The second kappa shape index (κ2) is 6.66. The van der Waals surface area contributed by atoms with Gasteiger partial charge in [0.25, 0.3) is 0 Å². The number of aryl methyl sites for hydroxylation is 1. The number of benzene rings is 1. The van der Waals surface area contributed by atoms with Crippen molar-refractivity contribution in [2.45, 2.75) is 20.3 Å². The predicted molar refractivity (Wildman–Crippen MR) is 94.1 cm³/mol. The summed E-state index contributed by atoms with van der Waals surface area (Å²) in [6.45, 7) is 4.04. The summed E-state index contributed by atoms with van der Waals surface area (Å²) in [5, 5.41) is 11.2. The normalized spacial score (nSPS) is 11.0. The number of fused-ring (bicyclic) bond motifs is 1. The van der Waals surface area contributed by atoms with Gasteiger partial charge in [-0.05, 0) is 30.2 Å². The van der Waals surface area contributed by atoms with Gasteiger partial charge in [0.2, 0.25) is 5.91 Å². The molecule has 0 saturated heterocycles. The highest BCUT2D eigenvalue weighted by Crippen LogP contribution is 2.23. The van der Waals surface area contributed by atoms with Crippen LogP contribution in [-0.2, 0) is 11.8 Å². The third-order valence-corrected chi connectivity index (χ3v) is 3.55. The van der Waals surface area contributed by atoms with E-state index >= 15 is 0 Å². The molecule has 7 heteroatoms. The number of aromatic nitrogens is 4. The van der Waals surface area contributed by atoms with Crippen molar-refractivity contribution in [2.75, 3.05) is 10.6 Å². The Labute approximate surface area is 140 Å². The van der Waals surface area contributed by atoms with Gasteiger partial charge in [-0.15, -0.1) is 0 Å². The summed E-state index contributed by atoms with van der Waals surface area (Å²) in [6.07, 6.45) is 3.75. The molecule has 0 atom stereocenters. The van der Waals surface area contributed by atoms with Gasteiger partial charge in [-0.3, -0.25) is 9.48 Å². The van der Waals surface area contributed by atoms with Crippen molar-refractivity contribution in [1.29, 1.82) is 0 Å². The van der Waals surface area contributed by atoms with Gasteiger partial charge in [-0.1, -0.05) is 13.8 Å². The molecule has 0 fully saturated rings. The zero-order chi connectivity index (χ0) is 17.1. The quantitative estimate of drug-likeness (QED) is 0.753. The van der Waals surface area contributed by atoms with Gasteiger partial charge in [-0.2, -0.15) is 5.10 Å². The maximum absolute atomic E-state index is 11.8. The number of anilines is 3. The number of hydrogen-bond donors (Lipinski definition) is 2. The molecule has 0 aliphatic heterocycles. The zero-order valence-corrected chi connectivity index (χ0v) is 13.9. The van der Waals surface area contributed by atoms with Crippen molar-refractivity contribution in [1.82, 2.24) is 19.7 Å². The Balaban J connectivity index is 1.73. The number of carbonyl (C=O) groups is 1. The summed E-state index contributed by atoms with van der Waals surface area (Å²) in [4.78, 5) is 20.3. The minimum atomic E-state index is 0.0265. The minimum Gasteiger partial charge on any atom is -0.340 e. The van der Waals surface area contributed by atoms with Gasteiger partial charge in [0, 0.05) is 24.8 Å². The first kappa shape index (κ1) is 15.9. The Morgan fingerprint density at radius 2 is 1.88 bits per heavy atom. The third-order valence-electron chi connectivity index (χ3n) is 3.55. The molecule has 2 N–H and O–H groups in total. The van der Waals surface area contributed by atoms with Gasteiger partial charge < -0.3 is 10.6 Å². The molecule has 1 aromatic carbocycles. The van der Waals surface area contributed by atoms with E-state index in [1.165, 1.54) is 6.33 Å². The van der Waals surface area contributed by atoms with E-state index < -0.39 is 0 Å². The lowest BCUT2D eigenvalue weighted by Gasteiger charge is -2.09. The molecule has 0 aliphatic carbocycles. The van der Waals surface area contributed by atoms with E-state index in [1.54, 1.807) is 10.9 Å². The Hall–Kier alpha value is -2.96. The summed E-state index contributed by atoms with van der Waals surface area (Å²) < 4.78 is 1.70. The van der Waals surface area contributed by atoms with Crippen molar-refractivity contribution in [2.24, 2.45) is 13.0 Å². The van der Waals surface area contributed by atoms with Crippen molar-refractivity contribution < 1.29 is 4.79 Å². The van der Waals surface area contributed by atoms with E-state index in [4.69, 9.17) is 0 Å². The number of rotatable bonds is 5. The molecule has 0 bridgehead atoms. The monoisotopic (exact) mass is 324 g/mol. The lowest BCUT2D eigenvalue weighted by Crippen LogP contribution is -2.13. The molecule has 7 nitrogen and oxygen atoms in total. The molecular formula is C17H20N6O. The lowest BCUT2D eigenvalue weighted by molar-refractivity contribution is -0.116. The van der Waals surface area contributed by atoms with E-state index in [0.29, 0.717) is 18.2 Å². The number of carbonyl (C=O) groups excluding carboxylic acids is 1. The van der Waals surface area contributed by atoms with Gasteiger partial charge in [0.05, 0.1) is 11.6 Å². The van der Waals surface area contributed by atoms with Gasteiger partial charge in [-0.25, -0.2) is 9.97 Å². The maximum Gasteiger partial charge on any atom is 0.224 e. The van der Waals surface area contributed by atoms with Crippen LogP contribution in [-0.4, -0.2) is 25.7 Å². The summed E-state index contributed by atoms with van der Waals surface area (Å²) in [7, 11) is 1.84. The van der Waals surface area contributed by atoms with Crippen LogP contribution < -0.4 is 10.6 Å². The van der Waals surface area contributed by atoms with E-state index in [0.717, 1.165) is 22.4 Å². The topological polar surface area (TPSA) is 84.7 Å². The minimum absolute atomic E-state index is 0.0265. The highest BCUT2D eigenvalue weighted by molar-refractivity contribution is 5.91. The first-order chi connectivity index (χ1) is 11.5. The zero-order valence-electron chi connectivity index (χ0n) is 13.9. The molecule has 0 unspecified atom stereocenters. The van der Waals surface area contributed by atoms with Crippen LogP contribution in [0.1, 0.15) is 20.3 Å². The van der Waals surface area contributed by atoms with E-state index in [9.17, 15) is 4.79 Å². The van der Waals surface area contributed by atoms with Gasteiger partial charge in [0.1, 0.15) is 12.1 Å². The molecule has 3 aromatic rings. The number of hydrogen-bond acceptors (Lipinski definition) is 5. The molecule has 0 spiro atoms. The standard InChI is InChI=1S/C17H20N6O/c1-11(2)8-15(24)21-12-4-6-13(7-5-12)22-16-14-9-20-23(3)17(14)19-10-18-16/h4-7,9-11H,8H2,1-3H3,(H,21,24)(H,18,19,22). The Morgan fingerprint density at radius 3 is 2.58 bits per heavy atom. The Bertz CT molecular complexity index is 853. The van der Waals surface area contributed by atoms with Crippen LogP contribution in [0.15, 0.2) is 36.8 Å². The number of amides is 1. The highest BCUT2D eigenvalue weighted by atomic mass is 16.1. The number of nitrogens with one attached hydrogen (secondary N) is 2. The van der Waals surface area contributed by atoms with Crippen LogP contribution in [0.25, 0.3) is 11.0 Å². The Kier molecular flexibility index (Phi) is 4.41. The average Bonchev–Trinajstić information content (AvgIpc) is 2.91. The first-order valence-electron chi connectivity index (χ1n) is 7.82. The fourth-order valence-electron chi connectivity index (χ4n) is 2.42. The fraction of sp³-hybridized carbons (Fsp3) is 0.294. The van der Waals surface area contributed by atoms with Crippen LogP contribution in [0.5, 0.6) is 0 Å². The molecule has 2 heterocycles. The molecule has 2 aromatic heterocycles. The van der Waals surface area contributed by atoms with E-state index in [2.05, 4.69) is 25.7 Å². The van der Waals surface area contributed by atoms with E-state index in [-0.39, 0.29) is 5.91 Å². The summed E-state index contributed by atoms with van der Waals surface area (Å²) >= 11 is 0. The third kappa shape index (κ3) is 3.51. The Morgan fingerprint density at radius 1 is 1.17 bits per heavy atom. The average molecular weight is 324 g/mol. The highest BCUT2D eigenvalue weighted by Gasteiger charge is 2.08. The molecule has 0 radical (unpaired) electrons. The van der Waals surface area contributed by atoms with Crippen LogP contribution in [0.2, 0.25) is 0 Å². The van der Waals surface area contributed by atoms with Crippen LogP contribution in [0.4, 0.5) is 17.2 Å². The van der Waals surface area contributed by atoms with Crippen molar-refractivity contribution in [3.8, 4) is 0 Å². The molecule has 3 rings (SSSR count). The summed E-state index contributed by atoms with van der Waals surface area (Å²) in [5.41, 5.74) is 2.42. The van der Waals surface area contributed by atoms with Gasteiger partial charge >= 0.3 is 0 Å². The lowest BCUT2D eigenvalue weighted by atomic mass is 10.1. The van der Waals surface area contributed by atoms with Crippen molar-refractivity contribution >= 4 is 34.1 Å². The second-order valence-corrected chi connectivity index (χ2v) is 6.08. The number of nitrogens with zero attached hydrogens (tertiary/aromatic N) is 4. The predicted octanol–water partition coefficient (Wildman–Crippen LogP) is 3.09. The van der Waals surface area contributed by atoms with Crippen LogP contribution in [0, 0.1) is 5.92 Å².